The molecule has 0 saturated heterocycles. The molecule has 0 aliphatic rings. The van der Waals surface area contributed by atoms with Gasteiger partial charge in [-0.25, -0.2) is 4.79 Å². The summed E-state index contributed by atoms with van der Waals surface area (Å²) in [6.07, 6.45) is -0.971. The minimum atomic E-state index is -0.971. The van der Waals surface area contributed by atoms with Gasteiger partial charge in [0.25, 0.3) is 5.91 Å². The predicted molar refractivity (Wildman–Crippen MR) is 96.8 cm³/mol. The van der Waals surface area contributed by atoms with Crippen molar-refractivity contribution in [3.05, 3.63) is 59.2 Å². The predicted octanol–water partition coefficient (Wildman–Crippen LogP) is 3.12. The Balaban J connectivity index is 1.83. The van der Waals surface area contributed by atoms with Crippen molar-refractivity contribution in [2.75, 3.05) is 11.9 Å². The second-order valence-electron chi connectivity index (χ2n) is 5.92. The SMILES string of the molecule is Cc1cc(C)cc(OCC(=O)O[C@H](C)C(=O)Nc2ccc(C#N)cc2)c1. The Kier molecular flexibility index (Phi) is 6.34. The van der Waals surface area contributed by atoms with Crippen LogP contribution < -0.4 is 10.1 Å². The zero-order chi connectivity index (χ0) is 19.1. The van der Waals surface area contributed by atoms with Gasteiger partial charge in [-0.3, -0.25) is 4.79 Å². The molecule has 1 amide bonds. The van der Waals surface area contributed by atoms with Gasteiger partial charge in [-0.1, -0.05) is 6.07 Å². The lowest BCUT2D eigenvalue weighted by molar-refractivity contribution is -0.155. The van der Waals surface area contributed by atoms with Crippen molar-refractivity contribution in [3.63, 3.8) is 0 Å². The lowest BCUT2D eigenvalue weighted by Gasteiger charge is -2.14. The minimum Gasteiger partial charge on any atom is -0.482 e. The lowest BCUT2D eigenvalue weighted by atomic mass is 10.1. The highest BCUT2D eigenvalue weighted by Crippen LogP contribution is 2.16. The van der Waals surface area contributed by atoms with Gasteiger partial charge < -0.3 is 14.8 Å². The van der Waals surface area contributed by atoms with Crippen LogP contribution in [0.5, 0.6) is 5.75 Å². The van der Waals surface area contributed by atoms with Gasteiger partial charge >= 0.3 is 5.97 Å². The van der Waals surface area contributed by atoms with Crippen LogP contribution in [-0.2, 0) is 14.3 Å². The average Bonchev–Trinajstić information content (AvgIpc) is 2.59. The number of benzene rings is 2. The summed E-state index contributed by atoms with van der Waals surface area (Å²) in [4.78, 5) is 23.9. The van der Waals surface area contributed by atoms with E-state index in [2.05, 4.69) is 5.32 Å². The van der Waals surface area contributed by atoms with Crippen molar-refractivity contribution in [2.45, 2.75) is 26.9 Å². The Bertz CT molecular complexity index is 818. The third-order valence-electron chi connectivity index (χ3n) is 3.51. The number of nitriles is 1. The highest BCUT2D eigenvalue weighted by atomic mass is 16.6. The molecule has 0 spiro atoms. The molecule has 2 aromatic rings. The van der Waals surface area contributed by atoms with Crippen LogP contribution in [0.3, 0.4) is 0 Å². The van der Waals surface area contributed by atoms with Gasteiger partial charge in [-0.15, -0.1) is 0 Å². The van der Waals surface area contributed by atoms with Crippen LogP contribution in [0.25, 0.3) is 0 Å². The molecule has 0 bridgehead atoms. The topological polar surface area (TPSA) is 88.4 Å². The molecule has 134 valence electrons. The number of hydrogen-bond donors (Lipinski definition) is 1. The smallest absolute Gasteiger partial charge is 0.344 e. The van der Waals surface area contributed by atoms with Gasteiger partial charge in [0.1, 0.15) is 5.75 Å². The lowest BCUT2D eigenvalue weighted by Crippen LogP contribution is -2.31. The Morgan fingerprint density at radius 3 is 2.31 bits per heavy atom. The zero-order valence-electron chi connectivity index (χ0n) is 14.9. The summed E-state index contributed by atoms with van der Waals surface area (Å²) in [7, 11) is 0. The van der Waals surface area contributed by atoms with Gasteiger partial charge in [0.15, 0.2) is 12.7 Å². The van der Waals surface area contributed by atoms with E-state index in [9.17, 15) is 9.59 Å². The van der Waals surface area contributed by atoms with Gasteiger partial charge in [-0.2, -0.15) is 5.26 Å². The molecule has 0 unspecified atom stereocenters. The largest absolute Gasteiger partial charge is 0.482 e. The van der Waals surface area contributed by atoms with E-state index >= 15 is 0 Å². The summed E-state index contributed by atoms with van der Waals surface area (Å²) in [6, 6.07) is 14.0. The Morgan fingerprint density at radius 2 is 1.73 bits per heavy atom. The Labute approximate surface area is 152 Å². The van der Waals surface area contributed by atoms with E-state index in [0.717, 1.165) is 11.1 Å². The molecule has 0 saturated carbocycles. The molecule has 0 radical (unpaired) electrons. The average molecular weight is 352 g/mol. The molecule has 6 heteroatoms. The van der Waals surface area contributed by atoms with Gasteiger partial charge in [0.05, 0.1) is 11.6 Å². The number of anilines is 1. The maximum atomic E-state index is 12.1. The number of hydrogen-bond acceptors (Lipinski definition) is 5. The van der Waals surface area contributed by atoms with Crippen LogP contribution in [0.2, 0.25) is 0 Å². The van der Waals surface area contributed by atoms with Crippen LogP contribution in [-0.4, -0.2) is 24.6 Å². The van der Waals surface area contributed by atoms with Crippen molar-refractivity contribution >= 4 is 17.6 Å². The summed E-state index contributed by atoms with van der Waals surface area (Å²) in [5.74, 6) is -0.518. The third kappa shape index (κ3) is 5.64. The fraction of sp³-hybridized carbons (Fsp3) is 0.250. The zero-order valence-corrected chi connectivity index (χ0v) is 14.9. The maximum Gasteiger partial charge on any atom is 0.344 e. The summed E-state index contributed by atoms with van der Waals surface area (Å²) in [5.41, 5.74) is 3.07. The van der Waals surface area contributed by atoms with Crippen LogP contribution in [0.15, 0.2) is 42.5 Å². The fourth-order valence-corrected chi connectivity index (χ4v) is 2.32. The van der Waals surface area contributed by atoms with Gasteiger partial charge in [0, 0.05) is 5.69 Å². The molecule has 2 rings (SSSR count). The number of rotatable bonds is 6. The molecule has 0 fully saturated rings. The molecule has 1 atom stereocenters. The molecule has 0 heterocycles. The molecule has 0 aromatic heterocycles. The van der Waals surface area contributed by atoms with E-state index in [0.29, 0.717) is 17.0 Å². The number of nitrogens with one attached hydrogen (secondary N) is 1. The quantitative estimate of drug-likeness (QED) is 0.807. The van der Waals surface area contributed by atoms with Crippen LogP contribution in [0.1, 0.15) is 23.6 Å². The van der Waals surface area contributed by atoms with Crippen LogP contribution >= 0.6 is 0 Å². The molecule has 0 aliphatic heterocycles. The van der Waals surface area contributed by atoms with E-state index in [1.165, 1.54) is 6.92 Å². The van der Waals surface area contributed by atoms with Crippen molar-refractivity contribution in [3.8, 4) is 11.8 Å². The molecule has 6 nitrogen and oxygen atoms in total. The fourth-order valence-electron chi connectivity index (χ4n) is 2.32. The highest BCUT2D eigenvalue weighted by Gasteiger charge is 2.18. The number of ether oxygens (including phenoxy) is 2. The third-order valence-corrected chi connectivity index (χ3v) is 3.51. The number of carbonyl (C=O) groups is 2. The molecule has 2 aromatic carbocycles. The molecular formula is C20H20N2O4. The minimum absolute atomic E-state index is 0.280. The number of aryl methyl sites for hydroxylation is 2. The first-order valence-corrected chi connectivity index (χ1v) is 8.09. The van der Waals surface area contributed by atoms with Gasteiger partial charge in [-0.05, 0) is 68.3 Å². The number of esters is 1. The summed E-state index contributed by atoms with van der Waals surface area (Å²) in [6.45, 7) is 5.08. The highest BCUT2D eigenvalue weighted by molar-refractivity contribution is 5.95. The van der Waals surface area contributed by atoms with Crippen molar-refractivity contribution in [2.24, 2.45) is 0 Å². The monoisotopic (exact) mass is 352 g/mol. The standard InChI is InChI=1S/C20H20N2O4/c1-13-8-14(2)10-18(9-13)25-12-19(23)26-15(3)20(24)22-17-6-4-16(11-21)5-7-17/h4-10,15H,12H2,1-3H3,(H,22,24)/t15-/m1/s1. The normalized spacial score (nSPS) is 11.2. The summed E-state index contributed by atoms with van der Waals surface area (Å²) in [5, 5.41) is 11.4. The van der Waals surface area contributed by atoms with Crippen LogP contribution in [0, 0.1) is 25.2 Å². The number of amides is 1. The van der Waals surface area contributed by atoms with E-state index in [1.807, 2.05) is 38.1 Å². The Morgan fingerprint density at radius 1 is 1.12 bits per heavy atom. The first-order valence-electron chi connectivity index (χ1n) is 8.09. The second kappa shape index (κ2) is 8.67. The summed E-state index contributed by atoms with van der Waals surface area (Å²) >= 11 is 0. The Hall–Kier alpha value is -3.33. The van der Waals surface area contributed by atoms with Crippen molar-refractivity contribution < 1.29 is 19.1 Å². The first-order chi connectivity index (χ1) is 12.4. The van der Waals surface area contributed by atoms with E-state index < -0.39 is 18.0 Å². The second-order valence-corrected chi connectivity index (χ2v) is 5.92. The molecule has 26 heavy (non-hydrogen) atoms. The molecule has 1 N–H and O–H groups in total. The molecule has 0 aliphatic carbocycles. The summed E-state index contributed by atoms with van der Waals surface area (Å²) < 4.78 is 10.5. The van der Waals surface area contributed by atoms with Crippen molar-refractivity contribution in [1.29, 1.82) is 5.26 Å². The van der Waals surface area contributed by atoms with Gasteiger partial charge in [0.2, 0.25) is 0 Å². The number of carbonyl (C=O) groups excluding carboxylic acids is 2. The van der Waals surface area contributed by atoms with E-state index in [-0.39, 0.29) is 6.61 Å². The van der Waals surface area contributed by atoms with E-state index in [1.54, 1.807) is 24.3 Å². The van der Waals surface area contributed by atoms with Crippen LogP contribution in [0.4, 0.5) is 5.69 Å². The first kappa shape index (κ1) is 19.0. The van der Waals surface area contributed by atoms with E-state index in [4.69, 9.17) is 14.7 Å². The maximum absolute atomic E-state index is 12.1. The molecular weight excluding hydrogens is 332 g/mol. The van der Waals surface area contributed by atoms with Crippen molar-refractivity contribution in [1.82, 2.24) is 0 Å². The number of nitrogens with zero attached hydrogens (tertiary/aromatic N) is 1.